The summed E-state index contributed by atoms with van der Waals surface area (Å²) < 4.78 is 0. The van der Waals surface area contributed by atoms with Crippen LogP contribution < -0.4 is 10.6 Å². The lowest BCUT2D eigenvalue weighted by Crippen LogP contribution is -2.45. The third-order valence-corrected chi connectivity index (χ3v) is 5.84. The lowest BCUT2D eigenvalue weighted by molar-refractivity contribution is -0.383. The van der Waals surface area contributed by atoms with Gasteiger partial charge in [0.25, 0.3) is 11.6 Å². The van der Waals surface area contributed by atoms with E-state index in [1.54, 1.807) is 17.0 Å². The standard InChI is InChI=1S/C23H26N4O4/c28-22(24-14-16-8-9-16)18-5-4-12-26(15-18)23(29)17-10-11-20(21(13-17)27(30)31)25-19-6-2-1-3-7-19/h1-3,6-7,10-11,13,16,18,25H,4-5,8-9,12,14-15H2,(H,24,28). The third-order valence-electron chi connectivity index (χ3n) is 5.84. The van der Waals surface area contributed by atoms with E-state index in [0.29, 0.717) is 31.2 Å². The smallest absolute Gasteiger partial charge is 0.293 e. The Hall–Kier alpha value is -3.42. The molecule has 1 saturated heterocycles. The molecule has 2 fully saturated rings. The van der Waals surface area contributed by atoms with Crippen molar-refractivity contribution in [1.29, 1.82) is 0 Å². The van der Waals surface area contributed by atoms with Crippen molar-refractivity contribution >= 4 is 28.9 Å². The van der Waals surface area contributed by atoms with Crippen LogP contribution in [0.5, 0.6) is 0 Å². The molecule has 2 aromatic carbocycles. The third kappa shape index (κ3) is 5.20. The number of piperidine rings is 1. The topological polar surface area (TPSA) is 105 Å². The van der Waals surface area contributed by atoms with E-state index in [1.807, 2.05) is 30.3 Å². The SMILES string of the molecule is O=C(NCC1CC1)C1CCCN(C(=O)c2ccc(Nc3ccccc3)c([N+](=O)[O-])c2)C1. The Balaban J connectivity index is 1.46. The Kier molecular flexibility index (Phi) is 6.16. The van der Waals surface area contributed by atoms with Crippen LogP contribution in [0.3, 0.4) is 0 Å². The first kappa shape index (κ1) is 20.8. The lowest BCUT2D eigenvalue weighted by Gasteiger charge is -2.32. The summed E-state index contributed by atoms with van der Waals surface area (Å²) >= 11 is 0. The van der Waals surface area contributed by atoms with Crippen LogP contribution in [-0.4, -0.2) is 41.3 Å². The molecule has 0 aromatic heterocycles. The Morgan fingerprint density at radius 1 is 1.10 bits per heavy atom. The number of benzene rings is 2. The second kappa shape index (κ2) is 9.16. The van der Waals surface area contributed by atoms with Crippen molar-refractivity contribution in [2.24, 2.45) is 11.8 Å². The molecule has 0 bridgehead atoms. The van der Waals surface area contributed by atoms with Crippen molar-refractivity contribution in [2.75, 3.05) is 25.0 Å². The van der Waals surface area contributed by atoms with Gasteiger partial charge in [0.1, 0.15) is 5.69 Å². The van der Waals surface area contributed by atoms with E-state index in [-0.39, 0.29) is 29.0 Å². The van der Waals surface area contributed by atoms with Crippen LogP contribution in [0.25, 0.3) is 0 Å². The maximum Gasteiger partial charge on any atom is 0.293 e. The maximum atomic E-state index is 13.0. The van der Waals surface area contributed by atoms with Crippen molar-refractivity contribution in [3.8, 4) is 0 Å². The molecule has 1 atom stereocenters. The molecule has 1 aliphatic heterocycles. The number of nitrogens with one attached hydrogen (secondary N) is 2. The summed E-state index contributed by atoms with van der Waals surface area (Å²) in [5.41, 5.74) is 1.14. The number of amides is 2. The quantitative estimate of drug-likeness (QED) is 0.523. The van der Waals surface area contributed by atoms with Gasteiger partial charge < -0.3 is 15.5 Å². The van der Waals surface area contributed by atoms with Crippen LogP contribution in [0.4, 0.5) is 17.1 Å². The number of hydrogen-bond acceptors (Lipinski definition) is 5. The van der Waals surface area contributed by atoms with Gasteiger partial charge in [-0.05, 0) is 55.9 Å². The van der Waals surface area contributed by atoms with Gasteiger partial charge in [0, 0.05) is 37.0 Å². The number of rotatable bonds is 7. The van der Waals surface area contributed by atoms with E-state index in [4.69, 9.17) is 0 Å². The molecule has 1 aliphatic carbocycles. The zero-order chi connectivity index (χ0) is 21.8. The molecule has 2 aliphatic rings. The van der Waals surface area contributed by atoms with Crippen LogP contribution in [0, 0.1) is 22.0 Å². The van der Waals surface area contributed by atoms with Crippen LogP contribution in [0.15, 0.2) is 48.5 Å². The predicted molar refractivity (Wildman–Crippen MR) is 117 cm³/mol. The number of nitro benzene ring substituents is 1. The fourth-order valence-corrected chi connectivity index (χ4v) is 3.87. The summed E-state index contributed by atoms with van der Waals surface area (Å²) in [6.07, 6.45) is 3.83. The Morgan fingerprint density at radius 2 is 1.87 bits per heavy atom. The Bertz CT molecular complexity index is 975. The molecule has 2 amide bonds. The molecule has 0 radical (unpaired) electrons. The van der Waals surface area contributed by atoms with Gasteiger partial charge in [-0.1, -0.05) is 18.2 Å². The van der Waals surface area contributed by atoms with E-state index in [2.05, 4.69) is 10.6 Å². The Morgan fingerprint density at radius 3 is 2.58 bits per heavy atom. The van der Waals surface area contributed by atoms with Gasteiger partial charge >= 0.3 is 0 Å². The van der Waals surface area contributed by atoms with Crippen molar-refractivity contribution in [3.63, 3.8) is 0 Å². The zero-order valence-corrected chi connectivity index (χ0v) is 17.3. The first-order valence-electron chi connectivity index (χ1n) is 10.7. The normalized spacial score (nSPS) is 18.3. The molecule has 2 N–H and O–H groups in total. The van der Waals surface area contributed by atoms with Gasteiger partial charge in [-0.2, -0.15) is 0 Å². The van der Waals surface area contributed by atoms with Gasteiger partial charge in [0.15, 0.2) is 0 Å². The van der Waals surface area contributed by atoms with Gasteiger partial charge in [-0.3, -0.25) is 19.7 Å². The highest BCUT2D eigenvalue weighted by molar-refractivity contribution is 5.96. The minimum atomic E-state index is -0.494. The summed E-state index contributed by atoms with van der Waals surface area (Å²) in [6, 6.07) is 13.6. The second-order valence-electron chi connectivity index (χ2n) is 8.26. The van der Waals surface area contributed by atoms with E-state index >= 15 is 0 Å². The molecule has 31 heavy (non-hydrogen) atoms. The lowest BCUT2D eigenvalue weighted by atomic mass is 9.96. The molecule has 1 unspecified atom stereocenters. The van der Waals surface area contributed by atoms with Crippen molar-refractivity contribution in [2.45, 2.75) is 25.7 Å². The Labute approximate surface area is 180 Å². The largest absolute Gasteiger partial charge is 0.356 e. The number of likely N-dealkylation sites (tertiary alicyclic amines) is 1. The molecule has 1 saturated carbocycles. The highest BCUT2D eigenvalue weighted by atomic mass is 16.6. The molecule has 1 heterocycles. The summed E-state index contributed by atoms with van der Waals surface area (Å²) in [6.45, 7) is 1.60. The maximum absolute atomic E-state index is 13.0. The van der Waals surface area contributed by atoms with Gasteiger partial charge in [-0.15, -0.1) is 0 Å². The first-order chi connectivity index (χ1) is 15.0. The number of para-hydroxylation sites is 1. The number of carbonyl (C=O) groups is 2. The van der Waals surface area contributed by atoms with Crippen LogP contribution in [0.1, 0.15) is 36.0 Å². The summed E-state index contributed by atoms with van der Waals surface area (Å²) in [7, 11) is 0. The van der Waals surface area contributed by atoms with E-state index in [9.17, 15) is 19.7 Å². The molecular weight excluding hydrogens is 396 g/mol. The van der Waals surface area contributed by atoms with Crippen LogP contribution in [-0.2, 0) is 4.79 Å². The summed E-state index contributed by atoms with van der Waals surface area (Å²) in [4.78, 5) is 38.3. The number of anilines is 2. The highest BCUT2D eigenvalue weighted by Crippen LogP contribution is 2.30. The minimum absolute atomic E-state index is 0.00205. The number of nitro groups is 1. The van der Waals surface area contributed by atoms with Crippen LogP contribution in [0.2, 0.25) is 0 Å². The fourth-order valence-electron chi connectivity index (χ4n) is 3.87. The van der Waals surface area contributed by atoms with Crippen LogP contribution >= 0.6 is 0 Å². The molecule has 162 valence electrons. The zero-order valence-electron chi connectivity index (χ0n) is 17.3. The average Bonchev–Trinajstić information content (AvgIpc) is 3.62. The molecule has 8 heteroatoms. The predicted octanol–water partition coefficient (Wildman–Crippen LogP) is 3.72. The highest BCUT2D eigenvalue weighted by Gasteiger charge is 2.31. The number of nitrogens with zero attached hydrogens (tertiary/aromatic N) is 2. The fraction of sp³-hybridized carbons (Fsp3) is 0.391. The van der Waals surface area contributed by atoms with Gasteiger partial charge in [-0.25, -0.2) is 0 Å². The average molecular weight is 422 g/mol. The molecule has 2 aromatic rings. The summed E-state index contributed by atoms with van der Waals surface area (Å²) in [5.74, 6) is 0.0890. The molecule has 4 rings (SSSR count). The molecule has 8 nitrogen and oxygen atoms in total. The van der Waals surface area contributed by atoms with Crippen molar-refractivity contribution in [1.82, 2.24) is 10.2 Å². The monoisotopic (exact) mass is 422 g/mol. The first-order valence-corrected chi connectivity index (χ1v) is 10.7. The van der Waals surface area contributed by atoms with E-state index < -0.39 is 4.92 Å². The number of hydrogen-bond donors (Lipinski definition) is 2. The van der Waals surface area contributed by atoms with E-state index in [1.165, 1.54) is 18.9 Å². The van der Waals surface area contributed by atoms with E-state index in [0.717, 1.165) is 18.5 Å². The second-order valence-corrected chi connectivity index (χ2v) is 8.26. The number of carbonyl (C=O) groups excluding carboxylic acids is 2. The molecular formula is C23H26N4O4. The molecule has 0 spiro atoms. The summed E-state index contributed by atoms with van der Waals surface area (Å²) in [5, 5.41) is 17.6. The van der Waals surface area contributed by atoms with Crippen molar-refractivity contribution < 1.29 is 14.5 Å². The van der Waals surface area contributed by atoms with Gasteiger partial charge in [0.05, 0.1) is 10.8 Å². The van der Waals surface area contributed by atoms with Crippen molar-refractivity contribution in [3.05, 3.63) is 64.2 Å². The van der Waals surface area contributed by atoms with Gasteiger partial charge in [0.2, 0.25) is 5.91 Å². The minimum Gasteiger partial charge on any atom is -0.356 e.